The summed E-state index contributed by atoms with van der Waals surface area (Å²) in [6, 6.07) is 22.7. The van der Waals surface area contributed by atoms with E-state index in [2.05, 4.69) is 71.6 Å². The van der Waals surface area contributed by atoms with Crippen molar-refractivity contribution in [3.8, 4) is 0 Å². The summed E-state index contributed by atoms with van der Waals surface area (Å²) in [7, 11) is -0.495. The van der Waals surface area contributed by atoms with Gasteiger partial charge in [-0.15, -0.1) is 0 Å². The van der Waals surface area contributed by atoms with Crippen molar-refractivity contribution in [3.05, 3.63) is 60.7 Å². The Bertz CT molecular complexity index is 611. The minimum atomic E-state index is -1.07. The average Bonchev–Trinajstić information content (AvgIpc) is 3.21. The van der Waals surface area contributed by atoms with Crippen LogP contribution in [0.5, 0.6) is 0 Å². The zero-order chi connectivity index (χ0) is 15.7. The molecule has 0 saturated carbocycles. The molecular weight excluding hydrogens is 321 g/mol. The first-order chi connectivity index (χ1) is 11.3. The highest BCUT2D eigenvalue weighted by atomic mass is 32.3. The van der Waals surface area contributed by atoms with Crippen LogP contribution in [0.25, 0.3) is 0 Å². The molecule has 2 saturated heterocycles. The molecule has 0 amide bonds. The molecule has 0 aliphatic carbocycles. The van der Waals surface area contributed by atoms with E-state index in [1.165, 1.54) is 29.2 Å². The molecule has 0 bridgehead atoms. The topological polar surface area (TPSA) is 12.5 Å². The summed E-state index contributed by atoms with van der Waals surface area (Å²) in [6.45, 7) is 1.22. The molecule has 2 aliphatic heterocycles. The van der Waals surface area contributed by atoms with E-state index in [1.54, 1.807) is 0 Å². The van der Waals surface area contributed by atoms with Crippen molar-refractivity contribution in [1.29, 1.82) is 0 Å². The monoisotopic (exact) mass is 345 g/mol. The summed E-state index contributed by atoms with van der Waals surface area (Å²) < 4.78 is 8.79. The smallest absolute Gasteiger partial charge is 0.0898 e. The normalized spacial score (nSPS) is 26.5. The number of fused-ring (bicyclic) bond motifs is 1. The molecule has 0 spiro atoms. The second kappa shape index (κ2) is 6.57. The molecule has 3 atom stereocenters. The molecule has 4 heteroatoms. The van der Waals surface area contributed by atoms with Crippen molar-refractivity contribution in [1.82, 2.24) is 4.67 Å². The minimum absolute atomic E-state index is 0.385. The Balaban J connectivity index is 1.69. The second-order valence-corrected chi connectivity index (χ2v) is 11.0. The molecule has 2 heterocycles. The van der Waals surface area contributed by atoms with Gasteiger partial charge in [0.15, 0.2) is 0 Å². The summed E-state index contributed by atoms with van der Waals surface area (Å²) in [4.78, 5) is 2.93. The van der Waals surface area contributed by atoms with Crippen LogP contribution in [0, 0.1) is 0 Å². The molecule has 122 valence electrons. The molecule has 2 aliphatic rings. The van der Waals surface area contributed by atoms with Crippen molar-refractivity contribution in [2.24, 2.45) is 0 Å². The third-order valence-corrected chi connectivity index (χ3v) is 9.89. The van der Waals surface area contributed by atoms with E-state index < -0.39 is 10.0 Å². The van der Waals surface area contributed by atoms with E-state index in [0.29, 0.717) is 21.1 Å². The van der Waals surface area contributed by atoms with Crippen LogP contribution in [-0.2, 0) is 4.52 Å². The number of hydrogen-bond donors (Lipinski definition) is 0. The molecule has 4 rings (SSSR count). The maximum atomic E-state index is 6.23. The summed E-state index contributed by atoms with van der Waals surface area (Å²) in [5.41, 5.74) is 0. The zero-order valence-corrected chi connectivity index (χ0v) is 15.3. The van der Waals surface area contributed by atoms with Gasteiger partial charge < -0.3 is 4.52 Å². The van der Waals surface area contributed by atoms with Crippen LogP contribution < -0.4 is 0 Å². The van der Waals surface area contributed by atoms with E-state index in [-0.39, 0.29) is 0 Å². The van der Waals surface area contributed by atoms with Crippen LogP contribution in [0.3, 0.4) is 0 Å². The number of nitrogens with zero attached hydrogens (tertiary/aromatic N) is 1. The highest BCUT2D eigenvalue weighted by molar-refractivity contribution is 8.33. The van der Waals surface area contributed by atoms with Gasteiger partial charge in [-0.05, 0) is 53.2 Å². The molecule has 2 aromatic carbocycles. The molecule has 2 aromatic rings. The lowest BCUT2D eigenvalue weighted by Gasteiger charge is -2.39. The minimum Gasteiger partial charge on any atom is -0.341 e. The lowest BCUT2D eigenvalue weighted by molar-refractivity contribution is 0.237. The summed E-state index contributed by atoms with van der Waals surface area (Å²) in [6.07, 6.45) is 5.48. The molecule has 2 fully saturated rings. The average molecular weight is 345 g/mol. The van der Waals surface area contributed by atoms with Gasteiger partial charge in [-0.2, -0.15) is 10.0 Å². The van der Waals surface area contributed by atoms with Gasteiger partial charge in [-0.25, -0.2) is 0 Å². The van der Waals surface area contributed by atoms with Crippen LogP contribution >= 0.6 is 19.0 Å². The third-order valence-electron chi connectivity index (χ3n) is 5.07. The van der Waals surface area contributed by atoms with Gasteiger partial charge in [-0.3, -0.25) is 4.67 Å². The molecule has 0 aromatic heterocycles. The van der Waals surface area contributed by atoms with E-state index in [1.807, 2.05) is 0 Å². The molecule has 0 radical (unpaired) electrons. The summed E-state index contributed by atoms with van der Waals surface area (Å²) >= 11 is 0. The lowest BCUT2D eigenvalue weighted by Crippen LogP contribution is -2.32. The van der Waals surface area contributed by atoms with Crippen LogP contribution in [-0.4, -0.2) is 35.4 Å². The van der Waals surface area contributed by atoms with E-state index >= 15 is 0 Å². The quantitative estimate of drug-likeness (QED) is 0.730. The first-order valence-corrected chi connectivity index (χ1v) is 11.4. The van der Waals surface area contributed by atoms with Crippen LogP contribution in [0.1, 0.15) is 12.8 Å². The summed E-state index contributed by atoms with van der Waals surface area (Å²) in [5, 5.41) is 0. The fourth-order valence-corrected chi connectivity index (χ4v) is 8.18. The molecule has 23 heavy (non-hydrogen) atoms. The van der Waals surface area contributed by atoms with Crippen LogP contribution in [0.4, 0.5) is 0 Å². The molecule has 0 N–H and O–H groups in total. The maximum absolute atomic E-state index is 6.23. The number of rotatable bonds is 4. The van der Waals surface area contributed by atoms with Gasteiger partial charge in [-0.1, -0.05) is 36.4 Å². The standard InChI is InChI=1S/C19H24NOPS/c1-23(16-9-4-2-5-10-16,17-11-6-3-7-12-17)15-19-18-13-8-14-20(18)22-21-19/h2-7,9-12,18-19,22H,8,13-15H2,1H3. The maximum Gasteiger partial charge on any atom is 0.0898 e. The predicted molar refractivity (Wildman–Crippen MR) is 101 cm³/mol. The van der Waals surface area contributed by atoms with Crippen LogP contribution in [0.2, 0.25) is 0 Å². The molecule has 3 unspecified atom stereocenters. The fourth-order valence-electron chi connectivity index (χ4n) is 3.75. The Morgan fingerprint density at radius 2 is 1.65 bits per heavy atom. The van der Waals surface area contributed by atoms with Crippen LogP contribution in [0.15, 0.2) is 70.5 Å². The molecular formula is C19H24NOPS. The first-order valence-electron chi connectivity index (χ1n) is 8.31. The fraction of sp³-hybridized carbons (Fsp3) is 0.368. The Kier molecular flexibility index (Phi) is 4.47. The first kappa shape index (κ1) is 15.7. The van der Waals surface area contributed by atoms with Gasteiger partial charge in [0.1, 0.15) is 0 Å². The zero-order valence-electron chi connectivity index (χ0n) is 13.5. The van der Waals surface area contributed by atoms with Gasteiger partial charge in [0.2, 0.25) is 0 Å². The largest absolute Gasteiger partial charge is 0.341 e. The molecule has 2 nitrogen and oxygen atoms in total. The van der Waals surface area contributed by atoms with E-state index in [0.717, 1.165) is 5.75 Å². The van der Waals surface area contributed by atoms with Crippen molar-refractivity contribution < 1.29 is 4.52 Å². The number of hydrogen-bond acceptors (Lipinski definition) is 2. The summed E-state index contributed by atoms with van der Waals surface area (Å²) in [5.74, 6) is 1.13. The van der Waals surface area contributed by atoms with E-state index in [9.17, 15) is 0 Å². The van der Waals surface area contributed by atoms with E-state index in [4.69, 9.17) is 4.52 Å². The van der Waals surface area contributed by atoms with Crippen molar-refractivity contribution >= 4 is 19.0 Å². The van der Waals surface area contributed by atoms with Crippen molar-refractivity contribution in [3.63, 3.8) is 0 Å². The Hall–Kier alpha value is -0.860. The SMILES string of the molecule is CS(CC1OPN2CCCC12)(c1ccccc1)c1ccccc1. The Morgan fingerprint density at radius 1 is 1.04 bits per heavy atom. The van der Waals surface area contributed by atoms with Crippen molar-refractivity contribution in [2.45, 2.75) is 34.8 Å². The van der Waals surface area contributed by atoms with Crippen molar-refractivity contribution in [2.75, 3.05) is 18.6 Å². The third kappa shape index (κ3) is 2.96. The number of benzene rings is 2. The predicted octanol–water partition coefficient (Wildman–Crippen LogP) is 4.91. The second-order valence-electron chi connectivity index (χ2n) is 6.53. The van der Waals surface area contributed by atoms with Gasteiger partial charge >= 0.3 is 0 Å². The Labute approximate surface area is 142 Å². The highest BCUT2D eigenvalue weighted by Crippen LogP contribution is 2.61. The lowest BCUT2D eigenvalue weighted by atomic mass is 10.1. The van der Waals surface area contributed by atoms with Gasteiger partial charge in [0.05, 0.1) is 15.1 Å². The Morgan fingerprint density at radius 3 is 2.26 bits per heavy atom. The van der Waals surface area contributed by atoms with Gasteiger partial charge in [0.25, 0.3) is 0 Å². The van der Waals surface area contributed by atoms with Gasteiger partial charge in [0, 0.05) is 18.3 Å². The highest BCUT2D eigenvalue weighted by Gasteiger charge is 2.41.